The van der Waals surface area contributed by atoms with Crippen LogP contribution in [-0.4, -0.2) is 43.0 Å². The average molecular weight is 404 g/mol. The van der Waals surface area contributed by atoms with Crippen molar-refractivity contribution in [1.29, 1.82) is 0 Å². The Morgan fingerprint density at radius 3 is 2.63 bits per heavy atom. The van der Waals surface area contributed by atoms with Crippen LogP contribution in [0.5, 0.6) is 0 Å². The number of hydrogen-bond acceptors (Lipinski definition) is 4. The molecule has 1 unspecified atom stereocenters. The second-order valence-corrected chi connectivity index (χ2v) is 8.35. The van der Waals surface area contributed by atoms with Gasteiger partial charge in [-0.3, -0.25) is 4.79 Å². The van der Waals surface area contributed by atoms with Gasteiger partial charge in [0.05, 0.1) is 5.69 Å². The van der Waals surface area contributed by atoms with Crippen LogP contribution in [0.4, 0.5) is 5.69 Å². The lowest BCUT2D eigenvalue weighted by atomic mass is 9.91. The summed E-state index contributed by atoms with van der Waals surface area (Å²) in [5.74, 6) is 1.97. The molecule has 2 aromatic carbocycles. The molecular formula is C25H29N3O2. The van der Waals surface area contributed by atoms with Gasteiger partial charge in [-0.05, 0) is 45.0 Å². The van der Waals surface area contributed by atoms with Crippen LogP contribution in [0.2, 0.25) is 0 Å². The third-order valence-corrected chi connectivity index (χ3v) is 5.59. The fraction of sp³-hybridized carbons (Fsp3) is 0.360. The third-order valence-electron chi connectivity index (χ3n) is 5.59. The molecule has 1 amide bonds. The van der Waals surface area contributed by atoms with Gasteiger partial charge >= 0.3 is 0 Å². The summed E-state index contributed by atoms with van der Waals surface area (Å²) in [5.41, 5.74) is 4.17. The highest BCUT2D eigenvalue weighted by atomic mass is 16.4. The van der Waals surface area contributed by atoms with Crippen molar-refractivity contribution in [3.05, 3.63) is 71.7 Å². The topological polar surface area (TPSA) is 49.6 Å². The summed E-state index contributed by atoms with van der Waals surface area (Å²) in [6, 6.07) is 18.2. The zero-order valence-electron chi connectivity index (χ0n) is 18.0. The molecule has 30 heavy (non-hydrogen) atoms. The number of carbonyl (C=O) groups is 1. The van der Waals surface area contributed by atoms with Crippen molar-refractivity contribution in [2.45, 2.75) is 26.2 Å². The maximum Gasteiger partial charge on any atom is 0.227 e. The molecule has 3 aromatic rings. The minimum Gasteiger partial charge on any atom is -0.440 e. The Balaban J connectivity index is 1.47. The van der Waals surface area contributed by atoms with E-state index >= 15 is 0 Å². The molecule has 0 fully saturated rings. The fourth-order valence-electron chi connectivity index (χ4n) is 4.32. The van der Waals surface area contributed by atoms with Crippen molar-refractivity contribution in [2.24, 2.45) is 5.92 Å². The first-order chi connectivity index (χ1) is 14.5. The van der Waals surface area contributed by atoms with Crippen molar-refractivity contribution < 1.29 is 9.21 Å². The maximum absolute atomic E-state index is 13.2. The highest BCUT2D eigenvalue weighted by molar-refractivity contribution is 5.94. The Kier molecular flexibility index (Phi) is 6.00. The molecule has 1 atom stereocenters. The van der Waals surface area contributed by atoms with Crippen LogP contribution in [0.1, 0.15) is 23.6 Å². The first-order valence-corrected chi connectivity index (χ1v) is 10.6. The molecule has 156 valence electrons. The van der Waals surface area contributed by atoms with Crippen molar-refractivity contribution >= 4 is 11.6 Å². The number of nitrogens with zero attached hydrogens (tertiary/aromatic N) is 3. The molecule has 0 saturated heterocycles. The van der Waals surface area contributed by atoms with Crippen molar-refractivity contribution in [3.8, 4) is 11.3 Å². The summed E-state index contributed by atoms with van der Waals surface area (Å²) in [4.78, 5) is 21.9. The lowest BCUT2D eigenvalue weighted by Crippen LogP contribution is -2.43. The molecule has 2 heterocycles. The van der Waals surface area contributed by atoms with Crippen LogP contribution in [0, 0.1) is 12.8 Å². The second kappa shape index (κ2) is 8.84. The Morgan fingerprint density at radius 2 is 1.87 bits per heavy atom. The van der Waals surface area contributed by atoms with E-state index in [0.717, 1.165) is 42.2 Å². The van der Waals surface area contributed by atoms with E-state index in [2.05, 4.69) is 42.2 Å². The molecule has 4 rings (SSSR count). The normalized spacial score (nSPS) is 16.0. The largest absolute Gasteiger partial charge is 0.440 e. The van der Waals surface area contributed by atoms with Gasteiger partial charge in [0.1, 0.15) is 0 Å². The quantitative estimate of drug-likeness (QED) is 0.614. The number of anilines is 1. The zero-order chi connectivity index (χ0) is 21.1. The number of benzene rings is 2. The third kappa shape index (κ3) is 4.46. The smallest absolute Gasteiger partial charge is 0.227 e. The lowest BCUT2D eigenvalue weighted by Gasteiger charge is -2.35. The van der Waals surface area contributed by atoms with E-state index in [-0.39, 0.29) is 5.91 Å². The summed E-state index contributed by atoms with van der Waals surface area (Å²) >= 11 is 0. The number of carbonyl (C=O) groups excluding carboxylic acids is 1. The van der Waals surface area contributed by atoms with Gasteiger partial charge in [0.15, 0.2) is 11.7 Å². The molecule has 1 aromatic heterocycles. The average Bonchev–Trinajstić information content (AvgIpc) is 3.12. The van der Waals surface area contributed by atoms with E-state index in [1.165, 1.54) is 5.56 Å². The highest BCUT2D eigenvalue weighted by Gasteiger charge is 2.28. The standard InChI is InChI=1S/C25H29N3O2/c1-18-25(20-9-5-4-6-10-20)30-23(26-18)13-14-24(29)28-17-19(16-27(2)3)15-21-11-7-8-12-22(21)28/h4-12,19H,13-17H2,1-3H3. The van der Waals surface area contributed by atoms with Crippen LogP contribution in [0.25, 0.3) is 11.3 Å². The molecule has 0 saturated carbocycles. The molecular weight excluding hydrogens is 374 g/mol. The number of oxazole rings is 1. The predicted molar refractivity (Wildman–Crippen MR) is 120 cm³/mol. The highest BCUT2D eigenvalue weighted by Crippen LogP contribution is 2.31. The van der Waals surface area contributed by atoms with Gasteiger partial charge in [-0.1, -0.05) is 48.5 Å². The van der Waals surface area contributed by atoms with E-state index in [1.54, 1.807) is 0 Å². The molecule has 0 aliphatic carbocycles. The van der Waals surface area contributed by atoms with Gasteiger partial charge in [0.25, 0.3) is 0 Å². The molecule has 0 bridgehead atoms. The van der Waals surface area contributed by atoms with Gasteiger partial charge < -0.3 is 14.2 Å². The Labute approximate surface area is 178 Å². The van der Waals surface area contributed by atoms with Gasteiger partial charge in [0.2, 0.25) is 5.91 Å². The summed E-state index contributed by atoms with van der Waals surface area (Å²) in [6.45, 7) is 3.68. The molecule has 0 spiro atoms. The molecule has 1 aliphatic heterocycles. The van der Waals surface area contributed by atoms with Gasteiger partial charge in [-0.25, -0.2) is 4.98 Å². The van der Waals surface area contributed by atoms with E-state index in [0.29, 0.717) is 24.7 Å². The number of fused-ring (bicyclic) bond motifs is 1. The van der Waals surface area contributed by atoms with E-state index < -0.39 is 0 Å². The summed E-state index contributed by atoms with van der Waals surface area (Å²) in [7, 11) is 4.17. The summed E-state index contributed by atoms with van der Waals surface area (Å²) in [5, 5.41) is 0. The number of hydrogen-bond donors (Lipinski definition) is 0. The SMILES string of the molecule is Cc1nc(CCC(=O)N2CC(CN(C)C)Cc3ccccc32)oc1-c1ccccc1. The second-order valence-electron chi connectivity index (χ2n) is 8.35. The van der Waals surface area contributed by atoms with Crippen LogP contribution in [-0.2, 0) is 17.6 Å². The minimum atomic E-state index is 0.128. The molecule has 5 heteroatoms. The number of para-hydroxylation sites is 1. The Bertz CT molecular complexity index is 1010. The Hall–Kier alpha value is -2.92. The molecule has 0 radical (unpaired) electrons. The van der Waals surface area contributed by atoms with Crippen LogP contribution < -0.4 is 4.90 Å². The lowest BCUT2D eigenvalue weighted by molar-refractivity contribution is -0.118. The monoisotopic (exact) mass is 403 g/mol. The number of rotatable bonds is 6. The van der Waals surface area contributed by atoms with Crippen molar-refractivity contribution in [2.75, 3.05) is 32.1 Å². The first-order valence-electron chi connectivity index (χ1n) is 10.6. The summed E-state index contributed by atoms with van der Waals surface area (Å²) < 4.78 is 5.99. The predicted octanol–water partition coefficient (Wildman–Crippen LogP) is 4.35. The molecule has 1 aliphatic rings. The summed E-state index contributed by atoms with van der Waals surface area (Å²) in [6.07, 6.45) is 1.90. The van der Waals surface area contributed by atoms with Crippen LogP contribution in [0.15, 0.2) is 59.0 Å². The van der Waals surface area contributed by atoms with E-state index in [1.807, 2.05) is 48.2 Å². The molecule has 5 nitrogen and oxygen atoms in total. The van der Waals surface area contributed by atoms with Gasteiger partial charge in [-0.15, -0.1) is 0 Å². The Morgan fingerprint density at radius 1 is 1.13 bits per heavy atom. The maximum atomic E-state index is 13.2. The molecule has 0 N–H and O–H groups in total. The number of amides is 1. The van der Waals surface area contributed by atoms with E-state index in [4.69, 9.17) is 4.42 Å². The van der Waals surface area contributed by atoms with Crippen LogP contribution in [0.3, 0.4) is 0 Å². The van der Waals surface area contributed by atoms with Crippen molar-refractivity contribution in [1.82, 2.24) is 9.88 Å². The van der Waals surface area contributed by atoms with Crippen LogP contribution >= 0.6 is 0 Å². The minimum absolute atomic E-state index is 0.128. The number of aryl methyl sites for hydroxylation is 2. The number of aromatic nitrogens is 1. The zero-order valence-corrected chi connectivity index (χ0v) is 18.0. The van der Waals surface area contributed by atoms with Gasteiger partial charge in [-0.2, -0.15) is 0 Å². The van der Waals surface area contributed by atoms with Crippen molar-refractivity contribution in [3.63, 3.8) is 0 Å². The van der Waals surface area contributed by atoms with E-state index in [9.17, 15) is 4.79 Å². The van der Waals surface area contributed by atoms with Gasteiger partial charge in [0, 0.05) is 37.2 Å². The fourth-order valence-corrected chi connectivity index (χ4v) is 4.32. The first kappa shape index (κ1) is 20.4.